The summed E-state index contributed by atoms with van der Waals surface area (Å²) in [5, 5.41) is 2.82. The van der Waals surface area contributed by atoms with Gasteiger partial charge in [-0.05, 0) is 36.2 Å². The smallest absolute Gasteiger partial charge is 0.251 e. The van der Waals surface area contributed by atoms with Crippen LogP contribution in [-0.4, -0.2) is 37.4 Å². The van der Waals surface area contributed by atoms with E-state index in [1.165, 1.54) is 4.90 Å². The van der Waals surface area contributed by atoms with E-state index in [1.807, 2.05) is 60.7 Å². The molecule has 1 aliphatic heterocycles. The fourth-order valence-corrected chi connectivity index (χ4v) is 3.89. The summed E-state index contributed by atoms with van der Waals surface area (Å²) in [5.41, 5.74) is 2.85. The summed E-state index contributed by atoms with van der Waals surface area (Å²) in [4.78, 5) is 42.4. The van der Waals surface area contributed by atoms with E-state index in [1.54, 1.807) is 36.2 Å². The molecule has 0 spiro atoms. The molecule has 3 aromatic rings. The van der Waals surface area contributed by atoms with Crippen molar-refractivity contribution in [2.75, 3.05) is 23.4 Å². The first-order chi connectivity index (χ1) is 15.5. The summed E-state index contributed by atoms with van der Waals surface area (Å²) in [6.07, 6.45) is 0.902. The maximum Gasteiger partial charge on any atom is 0.251 e. The molecule has 162 valence electrons. The van der Waals surface area contributed by atoms with E-state index >= 15 is 0 Å². The molecule has 0 aliphatic carbocycles. The Hall–Kier alpha value is -3.93. The zero-order valence-corrected chi connectivity index (χ0v) is 17.9. The summed E-state index contributed by atoms with van der Waals surface area (Å²) in [5.74, 6) is -0.705. The van der Waals surface area contributed by atoms with Crippen LogP contribution in [-0.2, 0) is 16.0 Å². The Morgan fingerprint density at radius 3 is 2.16 bits per heavy atom. The van der Waals surface area contributed by atoms with Crippen molar-refractivity contribution >= 4 is 29.1 Å². The Labute approximate surface area is 187 Å². The van der Waals surface area contributed by atoms with Crippen LogP contribution in [0.4, 0.5) is 11.4 Å². The summed E-state index contributed by atoms with van der Waals surface area (Å²) in [7, 11) is 1.67. The van der Waals surface area contributed by atoms with Crippen molar-refractivity contribution in [2.45, 2.75) is 18.9 Å². The average molecular weight is 428 g/mol. The molecule has 1 atom stereocenters. The van der Waals surface area contributed by atoms with Gasteiger partial charge in [0.1, 0.15) is 6.04 Å². The van der Waals surface area contributed by atoms with Crippen LogP contribution in [0.15, 0.2) is 84.9 Å². The van der Waals surface area contributed by atoms with Crippen LogP contribution < -0.4 is 15.1 Å². The molecule has 0 bridgehead atoms. The molecule has 32 heavy (non-hydrogen) atoms. The highest BCUT2D eigenvalue weighted by molar-refractivity contribution is 6.08. The van der Waals surface area contributed by atoms with Crippen LogP contribution >= 0.6 is 0 Å². The van der Waals surface area contributed by atoms with Gasteiger partial charge in [-0.2, -0.15) is 0 Å². The maximum absolute atomic E-state index is 13.3. The van der Waals surface area contributed by atoms with Gasteiger partial charge >= 0.3 is 0 Å². The molecule has 0 saturated heterocycles. The minimum absolute atomic E-state index is 0.0758. The standard InChI is InChI=1S/C26H25N3O3/c1-28-22-14-8-9-15-23(22)29(24(30)17-16-19-10-4-2-5-11-19)18-21(26(28)32)27-25(31)20-12-6-3-7-13-20/h2-15,21H,16-18H2,1H3,(H,27,31)/t21-/m0/s1. The largest absolute Gasteiger partial charge is 0.339 e. The molecule has 0 unspecified atom stereocenters. The van der Waals surface area contributed by atoms with Gasteiger partial charge in [0.05, 0.1) is 17.9 Å². The summed E-state index contributed by atoms with van der Waals surface area (Å²) in [6.45, 7) is 0.0758. The lowest BCUT2D eigenvalue weighted by molar-refractivity contribution is -0.120. The number of para-hydroxylation sites is 2. The van der Waals surface area contributed by atoms with E-state index in [4.69, 9.17) is 0 Å². The second-order valence-electron chi connectivity index (χ2n) is 7.77. The quantitative estimate of drug-likeness (QED) is 0.678. The highest BCUT2D eigenvalue weighted by atomic mass is 16.2. The fraction of sp³-hybridized carbons (Fsp3) is 0.192. The van der Waals surface area contributed by atoms with E-state index in [0.29, 0.717) is 29.8 Å². The Morgan fingerprint density at radius 1 is 0.875 bits per heavy atom. The lowest BCUT2D eigenvalue weighted by Gasteiger charge is -2.25. The van der Waals surface area contributed by atoms with Crippen LogP contribution in [0.3, 0.4) is 0 Å². The van der Waals surface area contributed by atoms with Crippen molar-refractivity contribution < 1.29 is 14.4 Å². The van der Waals surface area contributed by atoms with E-state index in [9.17, 15) is 14.4 Å². The van der Waals surface area contributed by atoms with Gasteiger partial charge in [0.25, 0.3) is 11.8 Å². The number of rotatable bonds is 5. The van der Waals surface area contributed by atoms with Crippen LogP contribution in [0.5, 0.6) is 0 Å². The van der Waals surface area contributed by atoms with Gasteiger partial charge in [-0.25, -0.2) is 0 Å². The number of benzene rings is 3. The van der Waals surface area contributed by atoms with E-state index < -0.39 is 6.04 Å². The van der Waals surface area contributed by atoms with Gasteiger partial charge in [-0.1, -0.05) is 60.7 Å². The molecule has 1 aliphatic rings. The number of nitrogens with one attached hydrogen (secondary N) is 1. The Bertz CT molecular complexity index is 1120. The fourth-order valence-electron chi connectivity index (χ4n) is 3.89. The second-order valence-corrected chi connectivity index (χ2v) is 7.77. The average Bonchev–Trinajstić information content (AvgIpc) is 2.94. The number of hydrogen-bond donors (Lipinski definition) is 1. The molecular weight excluding hydrogens is 402 g/mol. The van der Waals surface area contributed by atoms with Crippen molar-refractivity contribution in [1.82, 2.24) is 5.32 Å². The summed E-state index contributed by atoms with van der Waals surface area (Å²) >= 11 is 0. The Kier molecular flexibility index (Phi) is 6.31. The number of nitrogens with zero attached hydrogens (tertiary/aromatic N) is 2. The molecule has 3 aromatic carbocycles. The molecule has 0 aromatic heterocycles. The third kappa shape index (κ3) is 4.54. The molecule has 4 rings (SSSR count). The van der Waals surface area contributed by atoms with Crippen LogP contribution in [0.2, 0.25) is 0 Å². The van der Waals surface area contributed by atoms with Gasteiger partial charge in [-0.15, -0.1) is 0 Å². The number of hydrogen-bond acceptors (Lipinski definition) is 3. The van der Waals surface area contributed by atoms with Gasteiger partial charge in [0, 0.05) is 19.0 Å². The van der Waals surface area contributed by atoms with Gasteiger partial charge in [0.2, 0.25) is 5.91 Å². The highest BCUT2D eigenvalue weighted by Crippen LogP contribution is 2.32. The first-order valence-corrected chi connectivity index (χ1v) is 10.6. The number of likely N-dealkylation sites (N-methyl/N-ethyl adjacent to an activating group) is 1. The molecule has 6 nitrogen and oxygen atoms in total. The summed E-state index contributed by atoms with van der Waals surface area (Å²) in [6, 6.07) is 25.0. The second kappa shape index (κ2) is 9.47. The highest BCUT2D eigenvalue weighted by Gasteiger charge is 2.35. The first kappa shape index (κ1) is 21.3. The minimum atomic E-state index is -0.860. The molecular formula is C26H25N3O3. The number of aryl methyl sites for hydroxylation is 1. The Morgan fingerprint density at radius 2 is 1.47 bits per heavy atom. The number of carbonyl (C=O) groups excluding carboxylic acids is 3. The van der Waals surface area contributed by atoms with Crippen molar-refractivity contribution in [3.63, 3.8) is 0 Å². The van der Waals surface area contributed by atoms with Gasteiger partial charge < -0.3 is 15.1 Å². The number of amides is 3. The van der Waals surface area contributed by atoms with Crippen molar-refractivity contribution in [1.29, 1.82) is 0 Å². The molecule has 0 saturated carbocycles. The zero-order valence-electron chi connectivity index (χ0n) is 17.9. The predicted octanol–water partition coefficient (Wildman–Crippen LogP) is 3.43. The SMILES string of the molecule is CN1C(=O)[C@@H](NC(=O)c2ccccc2)CN(C(=O)CCc2ccccc2)c2ccccc21. The van der Waals surface area contributed by atoms with E-state index in [-0.39, 0.29) is 24.3 Å². The lowest BCUT2D eigenvalue weighted by Crippen LogP contribution is -2.52. The number of anilines is 2. The molecule has 6 heteroatoms. The van der Waals surface area contributed by atoms with E-state index in [2.05, 4.69) is 5.32 Å². The van der Waals surface area contributed by atoms with Crippen molar-refractivity contribution in [3.05, 3.63) is 96.1 Å². The Balaban J connectivity index is 1.59. The topological polar surface area (TPSA) is 69.7 Å². The molecule has 0 fully saturated rings. The zero-order chi connectivity index (χ0) is 22.5. The normalized spacial score (nSPS) is 15.7. The van der Waals surface area contributed by atoms with Gasteiger partial charge in [-0.3, -0.25) is 14.4 Å². The predicted molar refractivity (Wildman–Crippen MR) is 125 cm³/mol. The lowest BCUT2D eigenvalue weighted by atomic mass is 10.1. The summed E-state index contributed by atoms with van der Waals surface area (Å²) < 4.78 is 0. The van der Waals surface area contributed by atoms with Gasteiger partial charge in [0.15, 0.2) is 0 Å². The molecule has 3 amide bonds. The maximum atomic E-state index is 13.3. The molecule has 1 N–H and O–H groups in total. The number of fused-ring (bicyclic) bond motifs is 1. The third-order valence-electron chi connectivity index (χ3n) is 5.64. The monoisotopic (exact) mass is 427 g/mol. The first-order valence-electron chi connectivity index (χ1n) is 10.6. The minimum Gasteiger partial charge on any atom is -0.339 e. The van der Waals surface area contributed by atoms with Crippen LogP contribution in [0.25, 0.3) is 0 Å². The van der Waals surface area contributed by atoms with Crippen molar-refractivity contribution in [3.8, 4) is 0 Å². The third-order valence-corrected chi connectivity index (χ3v) is 5.64. The molecule has 0 radical (unpaired) electrons. The van der Waals surface area contributed by atoms with Crippen LogP contribution in [0, 0.1) is 0 Å². The van der Waals surface area contributed by atoms with Crippen molar-refractivity contribution in [2.24, 2.45) is 0 Å². The molecule has 1 heterocycles. The van der Waals surface area contributed by atoms with E-state index in [0.717, 1.165) is 5.56 Å². The van der Waals surface area contributed by atoms with Crippen LogP contribution in [0.1, 0.15) is 22.3 Å². The number of carbonyl (C=O) groups is 3.